The lowest BCUT2D eigenvalue weighted by Crippen LogP contribution is -2.55. The van der Waals surface area contributed by atoms with Crippen LogP contribution in [0.2, 0.25) is 0 Å². The smallest absolute Gasteiger partial charge is 0.414 e. The van der Waals surface area contributed by atoms with Gasteiger partial charge in [-0.2, -0.15) is 0 Å². The number of alkyl halides is 1. The standard InChI is InChI=1S/C19H24ClN3O7/c1-11(16(25)22-15(18(27)28)9-14(24)10-20)21-17(26)12(2)23(19(29)30-3)13-7-5-4-6-8-13/h4-8,11-12,15H,9-10H2,1-3H3,(H,21,26)(H,22,25)(H,27,28). The Labute approximate surface area is 178 Å². The molecule has 0 aliphatic rings. The van der Waals surface area contributed by atoms with E-state index >= 15 is 0 Å². The van der Waals surface area contributed by atoms with Crippen LogP contribution in [0, 0.1) is 0 Å². The molecule has 1 aromatic carbocycles. The van der Waals surface area contributed by atoms with Crippen molar-refractivity contribution in [2.45, 2.75) is 38.4 Å². The van der Waals surface area contributed by atoms with E-state index in [1.807, 2.05) is 0 Å². The van der Waals surface area contributed by atoms with E-state index in [0.29, 0.717) is 5.69 Å². The number of Topliss-reactive ketones (excluding diaryl/α,β-unsaturated/α-hetero) is 1. The molecular weight excluding hydrogens is 418 g/mol. The predicted octanol–water partition coefficient (Wildman–Crippen LogP) is 0.920. The average Bonchev–Trinajstić information content (AvgIpc) is 2.73. The summed E-state index contributed by atoms with van der Waals surface area (Å²) in [6.45, 7) is 2.79. The zero-order valence-electron chi connectivity index (χ0n) is 16.8. The van der Waals surface area contributed by atoms with E-state index in [1.165, 1.54) is 21.0 Å². The molecule has 0 aromatic heterocycles. The van der Waals surface area contributed by atoms with Crippen LogP contribution in [0.4, 0.5) is 10.5 Å². The van der Waals surface area contributed by atoms with Gasteiger partial charge in [-0.15, -0.1) is 11.6 Å². The maximum absolute atomic E-state index is 12.6. The third-order valence-electron chi connectivity index (χ3n) is 4.12. The first-order chi connectivity index (χ1) is 14.1. The Morgan fingerprint density at radius 3 is 2.17 bits per heavy atom. The highest BCUT2D eigenvalue weighted by atomic mass is 35.5. The molecule has 0 fully saturated rings. The van der Waals surface area contributed by atoms with Gasteiger partial charge in [0.1, 0.15) is 23.9 Å². The first kappa shape index (κ1) is 24.9. The number of halogens is 1. The molecule has 0 aliphatic carbocycles. The van der Waals surface area contributed by atoms with Crippen molar-refractivity contribution in [3.8, 4) is 0 Å². The van der Waals surface area contributed by atoms with Crippen molar-refractivity contribution in [2.75, 3.05) is 17.9 Å². The highest BCUT2D eigenvalue weighted by Crippen LogP contribution is 2.18. The van der Waals surface area contributed by atoms with Gasteiger partial charge in [0.05, 0.1) is 13.0 Å². The number of rotatable bonds is 10. The lowest BCUT2D eigenvalue weighted by atomic mass is 10.1. The summed E-state index contributed by atoms with van der Waals surface area (Å²) in [4.78, 5) is 60.8. The van der Waals surface area contributed by atoms with Gasteiger partial charge in [-0.05, 0) is 26.0 Å². The Hall–Kier alpha value is -3.14. The molecular formula is C19H24ClN3O7. The molecule has 3 amide bonds. The van der Waals surface area contributed by atoms with Crippen LogP contribution in [-0.4, -0.2) is 65.9 Å². The number of methoxy groups -OCH3 is 1. The molecule has 1 aromatic rings. The van der Waals surface area contributed by atoms with E-state index in [1.54, 1.807) is 30.3 Å². The van der Waals surface area contributed by atoms with E-state index in [0.717, 1.165) is 4.90 Å². The molecule has 1 rings (SSSR count). The molecule has 164 valence electrons. The number of aliphatic carboxylic acids is 1. The molecule has 0 saturated heterocycles. The average molecular weight is 442 g/mol. The number of carboxylic acids is 1. The molecule has 30 heavy (non-hydrogen) atoms. The third kappa shape index (κ3) is 7.03. The van der Waals surface area contributed by atoms with Crippen LogP contribution in [-0.2, 0) is 23.9 Å². The number of anilines is 1. The van der Waals surface area contributed by atoms with Crippen molar-refractivity contribution >= 4 is 46.9 Å². The Morgan fingerprint density at radius 1 is 1.07 bits per heavy atom. The summed E-state index contributed by atoms with van der Waals surface area (Å²) in [6, 6.07) is 4.68. The lowest BCUT2D eigenvalue weighted by Gasteiger charge is -2.28. The fraction of sp³-hybridized carbons (Fsp3) is 0.421. The van der Waals surface area contributed by atoms with Crippen molar-refractivity contribution in [2.24, 2.45) is 0 Å². The second kappa shape index (κ2) is 11.8. The minimum absolute atomic E-state index is 0.383. The van der Waals surface area contributed by atoms with Gasteiger partial charge < -0.3 is 20.5 Å². The fourth-order valence-corrected chi connectivity index (χ4v) is 2.58. The number of amides is 3. The Morgan fingerprint density at radius 2 is 1.67 bits per heavy atom. The molecule has 3 N–H and O–H groups in total. The molecule has 10 nitrogen and oxygen atoms in total. The van der Waals surface area contributed by atoms with Gasteiger partial charge in [-0.3, -0.25) is 19.3 Å². The van der Waals surface area contributed by atoms with Gasteiger partial charge >= 0.3 is 12.1 Å². The number of nitrogens with one attached hydrogen (secondary N) is 2. The highest BCUT2D eigenvalue weighted by Gasteiger charge is 2.31. The number of para-hydroxylation sites is 1. The Kier molecular flexibility index (Phi) is 9.76. The number of ether oxygens (including phenoxy) is 1. The third-order valence-corrected chi connectivity index (χ3v) is 4.42. The number of hydrogen-bond donors (Lipinski definition) is 3. The quantitative estimate of drug-likeness (QED) is 0.458. The van der Waals surface area contributed by atoms with Crippen LogP contribution < -0.4 is 15.5 Å². The number of carbonyl (C=O) groups excluding carboxylic acids is 4. The number of ketones is 1. The van der Waals surface area contributed by atoms with Crippen LogP contribution in [0.3, 0.4) is 0 Å². The van der Waals surface area contributed by atoms with Gasteiger partial charge in [-0.25, -0.2) is 9.59 Å². The van der Waals surface area contributed by atoms with Gasteiger partial charge in [0.25, 0.3) is 0 Å². The van der Waals surface area contributed by atoms with Crippen LogP contribution in [0.5, 0.6) is 0 Å². The summed E-state index contributed by atoms with van der Waals surface area (Å²) in [5.74, 6) is -3.82. The summed E-state index contributed by atoms with van der Waals surface area (Å²) in [7, 11) is 1.17. The van der Waals surface area contributed by atoms with Crippen molar-refractivity contribution in [1.29, 1.82) is 0 Å². The molecule has 0 heterocycles. The van der Waals surface area contributed by atoms with Crippen molar-refractivity contribution < 1.29 is 33.8 Å². The lowest BCUT2D eigenvalue weighted by molar-refractivity contribution is -0.143. The Bertz CT molecular complexity index is 788. The number of hydrogen-bond acceptors (Lipinski definition) is 6. The molecule has 3 unspecified atom stereocenters. The maximum Gasteiger partial charge on any atom is 0.414 e. The second-order valence-electron chi connectivity index (χ2n) is 6.36. The normalized spacial score (nSPS) is 13.3. The molecule has 0 saturated carbocycles. The summed E-state index contributed by atoms with van der Waals surface area (Å²) >= 11 is 5.37. The molecule has 0 bridgehead atoms. The van der Waals surface area contributed by atoms with E-state index in [-0.39, 0.29) is 5.88 Å². The zero-order valence-corrected chi connectivity index (χ0v) is 17.5. The van der Waals surface area contributed by atoms with Crippen LogP contribution in [0.15, 0.2) is 30.3 Å². The maximum atomic E-state index is 12.6. The first-order valence-electron chi connectivity index (χ1n) is 8.95. The van der Waals surface area contributed by atoms with Gasteiger partial charge in [0.2, 0.25) is 11.8 Å². The summed E-state index contributed by atoms with van der Waals surface area (Å²) < 4.78 is 4.74. The van der Waals surface area contributed by atoms with Crippen LogP contribution >= 0.6 is 11.6 Å². The largest absolute Gasteiger partial charge is 0.480 e. The van der Waals surface area contributed by atoms with Crippen molar-refractivity contribution in [1.82, 2.24) is 10.6 Å². The highest BCUT2D eigenvalue weighted by molar-refractivity contribution is 6.27. The number of nitrogens with zero attached hydrogens (tertiary/aromatic N) is 1. The monoisotopic (exact) mass is 441 g/mol. The van der Waals surface area contributed by atoms with Gasteiger partial charge in [0, 0.05) is 12.1 Å². The van der Waals surface area contributed by atoms with Gasteiger partial charge in [0.15, 0.2) is 0 Å². The van der Waals surface area contributed by atoms with E-state index in [4.69, 9.17) is 21.4 Å². The first-order valence-corrected chi connectivity index (χ1v) is 9.49. The van der Waals surface area contributed by atoms with E-state index in [2.05, 4.69) is 10.6 Å². The predicted molar refractivity (Wildman–Crippen MR) is 108 cm³/mol. The second-order valence-corrected chi connectivity index (χ2v) is 6.62. The molecule has 0 aliphatic heterocycles. The zero-order chi connectivity index (χ0) is 22.8. The molecule has 3 atom stereocenters. The van der Waals surface area contributed by atoms with Crippen LogP contribution in [0.25, 0.3) is 0 Å². The number of carboxylic acid groups (broad SMARTS) is 1. The summed E-state index contributed by atoms with van der Waals surface area (Å²) in [6.07, 6.45) is -1.25. The number of carbonyl (C=O) groups is 5. The van der Waals surface area contributed by atoms with Crippen molar-refractivity contribution in [3.63, 3.8) is 0 Å². The molecule has 11 heteroatoms. The van der Waals surface area contributed by atoms with Crippen LogP contribution in [0.1, 0.15) is 20.3 Å². The minimum Gasteiger partial charge on any atom is -0.480 e. The van der Waals surface area contributed by atoms with E-state index in [9.17, 15) is 24.0 Å². The SMILES string of the molecule is COC(=O)N(c1ccccc1)C(C)C(=O)NC(C)C(=O)NC(CC(=O)CCl)C(=O)O. The van der Waals surface area contributed by atoms with Gasteiger partial charge in [-0.1, -0.05) is 18.2 Å². The molecule has 0 radical (unpaired) electrons. The minimum atomic E-state index is -1.48. The molecule has 0 spiro atoms. The fourth-order valence-electron chi connectivity index (χ4n) is 2.47. The summed E-state index contributed by atoms with van der Waals surface area (Å²) in [5, 5.41) is 13.7. The topological polar surface area (TPSA) is 142 Å². The van der Waals surface area contributed by atoms with Crippen molar-refractivity contribution in [3.05, 3.63) is 30.3 Å². The van der Waals surface area contributed by atoms with E-state index < -0.39 is 54.2 Å². The number of benzene rings is 1. The Balaban J connectivity index is 2.85. The summed E-state index contributed by atoms with van der Waals surface area (Å²) in [5.41, 5.74) is 0.412.